The third-order valence-corrected chi connectivity index (χ3v) is 6.04. The maximum absolute atomic E-state index is 9.52. The number of rotatable bonds is 3. The molecule has 1 saturated carbocycles. The van der Waals surface area contributed by atoms with E-state index in [0.29, 0.717) is 6.04 Å². The predicted molar refractivity (Wildman–Crippen MR) is 85.1 cm³/mol. The highest BCUT2D eigenvalue weighted by Crippen LogP contribution is 2.33. The summed E-state index contributed by atoms with van der Waals surface area (Å²) in [5, 5.41) is 12.8. The van der Waals surface area contributed by atoms with Gasteiger partial charge in [0.05, 0.1) is 6.07 Å². The van der Waals surface area contributed by atoms with Gasteiger partial charge in [-0.05, 0) is 65.1 Å². The van der Waals surface area contributed by atoms with Crippen LogP contribution in [0.1, 0.15) is 51.4 Å². The van der Waals surface area contributed by atoms with Gasteiger partial charge in [-0.25, -0.2) is 0 Å². The lowest BCUT2D eigenvalue weighted by atomic mass is 9.79. The van der Waals surface area contributed by atoms with Gasteiger partial charge in [-0.2, -0.15) is 5.26 Å². The second-order valence-electron chi connectivity index (χ2n) is 7.23. The van der Waals surface area contributed by atoms with Crippen LogP contribution in [0.3, 0.4) is 0 Å². The lowest BCUT2D eigenvalue weighted by molar-refractivity contribution is 0.122. The standard InChI is InChI=1S/C17H30N4/c1-19-17(14-18)8-5-6-15(12-17)21-11-7-16(13-21)20-9-3-2-4-10-20/h15-16,19H,2-13H2,1H3. The molecule has 3 aliphatic rings. The van der Waals surface area contributed by atoms with Crippen LogP contribution in [0.25, 0.3) is 0 Å². The quantitative estimate of drug-likeness (QED) is 0.863. The van der Waals surface area contributed by atoms with E-state index in [1.807, 2.05) is 7.05 Å². The van der Waals surface area contributed by atoms with E-state index in [1.165, 1.54) is 64.7 Å². The Kier molecular flexibility index (Phi) is 4.83. The number of hydrogen-bond donors (Lipinski definition) is 1. The van der Waals surface area contributed by atoms with Gasteiger partial charge < -0.3 is 5.32 Å². The Hall–Kier alpha value is -0.630. The normalized spacial score (nSPS) is 39.2. The molecule has 4 heteroatoms. The van der Waals surface area contributed by atoms with E-state index < -0.39 is 0 Å². The van der Waals surface area contributed by atoms with E-state index in [4.69, 9.17) is 0 Å². The lowest BCUT2D eigenvalue weighted by Crippen LogP contribution is -2.51. The van der Waals surface area contributed by atoms with Gasteiger partial charge in [-0.15, -0.1) is 0 Å². The first-order valence-corrected chi connectivity index (χ1v) is 8.85. The first kappa shape index (κ1) is 15.3. The average Bonchev–Trinajstić information content (AvgIpc) is 3.06. The molecule has 3 atom stereocenters. The van der Waals surface area contributed by atoms with Crippen molar-refractivity contribution in [2.75, 3.05) is 33.2 Å². The smallest absolute Gasteiger partial charge is 0.108 e. The number of nitrogens with one attached hydrogen (secondary N) is 1. The van der Waals surface area contributed by atoms with Crippen LogP contribution < -0.4 is 5.32 Å². The van der Waals surface area contributed by atoms with Crippen LogP contribution >= 0.6 is 0 Å². The number of likely N-dealkylation sites (tertiary alicyclic amines) is 2. The molecule has 3 fully saturated rings. The molecule has 1 N–H and O–H groups in total. The van der Waals surface area contributed by atoms with Gasteiger partial charge in [0, 0.05) is 25.2 Å². The van der Waals surface area contributed by atoms with Crippen molar-refractivity contribution >= 4 is 0 Å². The summed E-state index contributed by atoms with van der Waals surface area (Å²) in [6.45, 7) is 5.08. The van der Waals surface area contributed by atoms with Gasteiger partial charge in [0.25, 0.3) is 0 Å². The third-order valence-electron chi connectivity index (χ3n) is 6.04. The summed E-state index contributed by atoms with van der Waals surface area (Å²) in [6.07, 6.45) is 10.0. The minimum absolute atomic E-state index is 0.272. The predicted octanol–water partition coefficient (Wildman–Crippen LogP) is 1.97. The molecule has 0 spiro atoms. The van der Waals surface area contributed by atoms with Crippen molar-refractivity contribution in [3.05, 3.63) is 0 Å². The zero-order valence-electron chi connectivity index (χ0n) is 13.5. The van der Waals surface area contributed by atoms with Crippen molar-refractivity contribution < 1.29 is 0 Å². The Balaban J connectivity index is 1.57. The minimum Gasteiger partial charge on any atom is -0.302 e. The van der Waals surface area contributed by atoms with E-state index in [-0.39, 0.29) is 5.54 Å². The van der Waals surface area contributed by atoms with E-state index in [2.05, 4.69) is 21.2 Å². The summed E-state index contributed by atoms with van der Waals surface area (Å²) in [6, 6.07) is 3.93. The molecule has 0 aromatic heterocycles. The van der Waals surface area contributed by atoms with E-state index >= 15 is 0 Å². The van der Waals surface area contributed by atoms with Gasteiger partial charge in [-0.1, -0.05) is 6.42 Å². The number of hydrogen-bond acceptors (Lipinski definition) is 4. The highest BCUT2D eigenvalue weighted by atomic mass is 15.3. The van der Waals surface area contributed by atoms with Crippen LogP contribution in [-0.4, -0.2) is 60.6 Å². The van der Waals surface area contributed by atoms with Crippen LogP contribution in [0.15, 0.2) is 0 Å². The minimum atomic E-state index is -0.272. The van der Waals surface area contributed by atoms with Gasteiger partial charge in [0.15, 0.2) is 0 Å². The maximum Gasteiger partial charge on any atom is 0.108 e. The summed E-state index contributed by atoms with van der Waals surface area (Å²) in [4.78, 5) is 5.41. The fourth-order valence-corrected chi connectivity index (χ4v) is 4.62. The molecule has 0 radical (unpaired) electrons. The fraction of sp³-hybridized carbons (Fsp3) is 0.941. The Bertz CT molecular complexity index is 385. The molecule has 118 valence electrons. The van der Waals surface area contributed by atoms with E-state index in [9.17, 15) is 5.26 Å². The Morgan fingerprint density at radius 2 is 1.81 bits per heavy atom. The second-order valence-corrected chi connectivity index (χ2v) is 7.23. The molecule has 2 saturated heterocycles. The number of piperidine rings is 1. The largest absolute Gasteiger partial charge is 0.302 e. The zero-order chi connectivity index (χ0) is 14.7. The van der Waals surface area contributed by atoms with Crippen molar-refractivity contribution in [3.8, 4) is 6.07 Å². The van der Waals surface area contributed by atoms with E-state index in [0.717, 1.165) is 18.9 Å². The highest BCUT2D eigenvalue weighted by Gasteiger charge is 2.40. The molecule has 2 aliphatic heterocycles. The fourth-order valence-electron chi connectivity index (χ4n) is 4.62. The molecular weight excluding hydrogens is 260 g/mol. The lowest BCUT2D eigenvalue weighted by Gasteiger charge is -2.40. The maximum atomic E-state index is 9.52. The van der Waals surface area contributed by atoms with Crippen LogP contribution in [-0.2, 0) is 0 Å². The molecule has 0 bridgehead atoms. The van der Waals surface area contributed by atoms with Gasteiger partial charge >= 0.3 is 0 Å². The van der Waals surface area contributed by atoms with E-state index in [1.54, 1.807) is 0 Å². The van der Waals surface area contributed by atoms with Crippen LogP contribution in [0, 0.1) is 11.3 Å². The van der Waals surface area contributed by atoms with Crippen molar-refractivity contribution in [1.82, 2.24) is 15.1 Å². The molecule has 1 aliphatic carbocycles. The van der Waals surface area contributed by atoms with Crippen molar-refractivity contribution in [2.24, 2.45) is 0 Å². The first-order valence-electron chi connectivity index (χ1n) is 8.85. The molecule has 0 aromatic carbocycles. The van der Waals surface area contributed by atoms with Crippen molar-refractivity contribution in [1.29, 1.82) is 5.26 Å². The topological polar surface area (TPSA) is 42.3 Å². The summed E-state index contributed by atoms with van der Waals surface area (Å²) in [7, 11) is 1.95. The summed E-state index contributed by atoms with van der Waals surface area (Å²) in [5.41, 5.74) is -0.272. The molecule has 0 amide bonds. The average molecular weight is 290 g/mol. The summed E-state index contributed by atoms with van der Waals surface area (Å²) in [5.74, 6) is 0. The molecule has 2 heterocycles. The first-order chi connectivity index (χ1) is 10.3. The van der Waals surface area contributed by atoms with Crippen LogP contribution in [0.5, 0.6) is 0 Å². The molecule has 0 aromatic rings. The molecule has 3 unspecified atom stereocenters. The number of nitrogens with zero attached hydrogens (tertiary/aromatic N) is 3. The highest BCUT2D eigenvalue weighted by molar-refractivity contribution is 5.11. The Labute approximate surface area is 129 Å². The second kappa shape index (κ2) is 6.64. The van der Waals surface area contributed by atoms with Crippen LogP contribution in [0.2, 0.25) is 0 Å². The van der Waals surface area contributed by atoms with Crippen molar-refractivity contribution in [2.45, 2.75) is 69.0 Å². The van der Waals surface area contributed by atoms with Gasteiger partial charge in [-0.3, -0.25) is 9.80 Å². The Morgan fingerprint density at radius 3 is 2.52 bits per heavy atom. The monoisotopic (exact) mass is 290 g/mol. The molecule has 21 heavy (non-hydrogen) atoms. The molecule has 4 nitrogen and oxygen atoms in total. The molecular formula is C17H30N4. The van der Waals surface area contributed by atoms with Crippen LogP contribution in [0.4, 0.5) is 0 Å². The third kappa shape index (κ3) is 3.26. The summed E-state index contributed by atoms with van der Waals surface area (Å²) >= 11 is 0. The van der Waals surface area contributed by atoms with Gasteiger partial charge in [0.2, 0.25) is 0 Å². The van der Waals surface area contributed by atoms with Crippen molar-refractivity contribution in [3.63, 3.8) is 0 Å². The number of nitriles is 1. The zero-order valence-corrected chi connectivity index (χ0v) is 13.5. The molecule has 3 rings (SSSR count). The summed E-state index contributed by atoms with van der Waals surface area (Å²) < 4.78 is 0. The van der Waals surface area contributed by atoms with Gasteiger partial charge in [0.1, 0.15) is 5.54 Å². The SMILES string of the molecule is CNC1(C#N)CCCC(N2CCC(N3CCCCC3)C2)C1. The Morgan fingerprint density at radius 1 is 1.00 bits per heavy atom.